The first-order valence-corrected chi connectivity index (χ1v) is 7.31. The average Bonchev–Trinajstić information content (AvgIpc) is 2.49. The van der Waals surface area contributed by atoms with Crippen LogP contribution >= 0.6 is 15.9 Å². The van der Waals surface area contributed by atoms with Crippen LogP contribution in [-0.2, 0) is 0 Å². The lowest BCUT2D eigenvalue weighted by Gasteiger charge is -2.06. The number of halogens is 1. The van der Waals surface area contributed by atoms with Crippen LogP contribution in [0.2, 0.25) is 0 Å². The van der Waals surface area contributed by atoms with Crippen molar-refractivity contribution in [2.45, 2.75) is 6.92 Å². The molecule has 0 spiro atoms. The van der Waals surface area contributed by atoms with E-state index in [0.29, 0.717) is 0 Å². The highest BCUT2D eigenvalue weighted by atomic mass is 79.9. The van der Waals surface area contributed by atoms with Gasteiger partial charge in [0.2, 0.25) is 0 Å². The molecule has 0 aliphatic carbocycles. The number of nitrogens with zero attached hydrogens (tertiary/aromatic N) is 1. The van der Waals surface area contributed by atoms with Crippen molar-refractivity contribution < 1.29 is 0 Å². The predicted octanol–water partition coefficient (Wildman–Crippen LogP) is 5.49. The summed E-state index contributed by atoms with van der Waals surface area (Å²) in [6, 6.07) is 21.0. The second kappa shape index (κ2) is 5.59. The Morgan fingerprint density at radius 2 is 1.40 bits per heavy atom. The molecule has 0 saturated carbocycles. The van der Waals surface area contributed by atoms with E-state index >= 15 is 0 Å². The molecule has 0 amide bonds. The number of hydrogen-bond acceptors (Lipinski definition) is 1. The quantitative estimate of drug-likeness (QED) is 0.608. The minimum Gasteiger partial charge on any atom is -0.256 e. The maximum atomic E-state index is 4.47. The van der Waals surface area contributed by atoms with Gasteiger partial charge in [-0.15, -0.1) is 0 Å². The maximum absolute atomic E-state index is 4.47. The van der Waals surface area contributed by atoms with Crippen molar-refractivity contribution in [2.24, 2.45) is 0 Å². The zero-order chi connectivity index (χ0) is 13.9. The van der Waals surface area contributed by atoms with Gasteiger partial charge in [0.05, 0.1) is 5.69 Å². The standard InChI is InChI=1S/C18H14BrN/c1-13-2-4-15(5-3-13)18-12-16(10-11-20-18)14-6-8-17(19)9-7-14/h2-12H,1H3. The van der Waals surface area contributed by atoms with Crippen molar-refractivity contribution in [1.82, 2.24) is 4.98 Å². The Kier molecular flexibility index (Phi) is 3.66. The molecule has 2 heteroatoms. The first-order chi connectivity index (χ1) is 9.72. The van der Waals surface area contributed by atoms with Crippen molar-refractivity contribution >= 4 is 15.9 Å². The Balaban J connectivity index is 2.01. The smallest absolute Gasteiger partial charge is 0.0708 e. The Bertz CT molecular complexity index is 654. The summed E-state index contributed by atoms with van der Waals surface area (Å²) in [6.45, 7) is 2.09. The molecule has 0 saturated heterocycles. The molecular formula is C18H14BrN. The number of hydrogen-bond donors (Lipinski definition) is 0. The second-order valence-electron chi connectivity index (χ2n) is 4.80. The maximum Gasteiger partial charge on any atom is 0.0708 e. The molecular weight excluding hydrogens is 310 g/mol. The van der Waals surface area contributed by atoms with Crippen LogP contribution < -0.4 is 0 Å². The Morgan fingerprint density at radius 3 is 2.10 bits per heavy atom. The van der Waals surface area contributed by atoms with Gasteiger partial charge in [0.25, 0.3) is 0 Å². The van der Waals surface area contributed by atoms with Crippen molar-refractivity contribution in [3.05, 3.63) is 76.9 Å². The van der Waals surface area contributed by atoms with Crippen LogP contribution in [-0.4, -0.2) is 4.98 Å². The van der Waals surface area contributed by atoms with Gasteiger partial charge in [0.1, 0.15) is 0 Å². The molecule has 3 rings (SSSR count). The molecule has 0 N–H and O–H groups in total. The van der Waals surface area contributed by atoms with E-state index in [2.05, 4.69) is 82.4 Å². The number of aryl methyl sites for hydroxylation is 1. The van der Waals surface area contributed by atoms with Crippen molar-refractivity contribution in [3.63, 3.8) is 0 Å². The lowest BCUT2D eigenvalue weighted by atomic mass is 10.0. The minimum absolute atomic E-state index is 1.01. The monoisotopic (exact) mass is 323 g/mol. The molecule has 98 valence electrons. The Labute approximate surface area is 127 Å². The van der Waals surface area contributed by atoms with Crippen LogP contribution in [0.3, 0.4) is 0 Å². The summed E-state index contributed by atoms with van der Waals surface area (Å²) in [5, 5.41) is 0. The van der Waals surface area contributed by atoms with E-state index < -0.39 is 0 Å². The average molecular weight is 324 g/mol. The van der Waals surface area contributed by atoms with Gasteiger partial charge in [-0.25, -0.2) is 0 Å². The molecule has 0 unspecified atom stereocenters. The highest BCUT2D eigenvalue weighted by Gasteiger charge is 2.02. The summed E-state index contributed by atoms with van der Waals surface area (Å²) in [6.07, 6.45) is 1.87. The largest absolute Gasteiger partial charge is 0.256 e. The minimum atomic E-state index is 1.01. The zero-order valence-corrected chi connectivity index (χ0v) is 12.8. The number of aromatic nitrogens is 1. The second-order valence-corrected chi connectivity index (χ2v) is 5.72. The van der Waals surface area contributed by atoms with Crippen LogP contribution in [0.4, 0.5) is 0 Å². The highest BCUT2D eigenvalue weighted by Crippen LogP contribution is 2.25. The fourth-order valence-corrected chi connectivity index (χ4v) is 2.40. The summed E-state index contributed by atoms with van der Waals surface area (Å²) in [4.78, 5) is 4.47. The summed E-state index contributed by atoms with van der Waals surface area (Å²) >= 11 is 3.46. The third-order valence-electron chi connectivity index (χ3n) is 3.28. The van der Waals surface area contributed by atoms with Crippen LogP contribution in [0.25, 0.3) is 22.4 Å². The molecule has 0 atom stereocenters. The summed E-state index contributed by atoms with van der Waals surface area (Å²) in [7, 11) is 0. The van der Waals surface area contributed by atoms with Gasteiger partial charge in [-0.3, -0.25) is 4.98 Å². The number of benzene rings is 2. The topological polar surface area (TPSA) is 12.9 Å². The molecule has 0 bridgehead atoms. The number of pyridine rings is 1. The molecule has 2 aromatic carbocycles. The molecule has 0 aliphatic rings. The van der Waals surface area contributed by atoms with Gasteiger partial charge < -0.3 is 0 Å². The van der Waals surface area contributed by atoms with Gasteiger partial charge in [0.15, 0.2) is 0 Å². The van der Waals surface area contributed by atoms with Crippen molar-refractivity contribution in [3.8, 4) is 22.4 Å². The van der Waals surface area contributed by atoms with Crippen molar-refractivity contribution in [1.29, 1.82) is 0 Å². The lowest BCUT2D eigenvalue weighted by molar-refractivity contribution is 1.32. The van der Waals surface area contributed by atoms with E-state index in [-0.39, 0.29) is 0 Å². The van der Waals surface area contributed by atoms with Crippen LogP contribution in [0.15, 0.2) is 71.3 Å². The van der Waals surface area contributed by atoms with Crippen LogP contribution in [0.5, 0.6) is 0 Å². The van der Waals surface area contributed by atoms with E-state index in [9.17, 15) is 0 Å². The molecule has 1 aromatic heterocycles. The highest BCUT2D eigenvalue weighted by molar-refractivity contribution is 9.10. The number of rotatable bonds is 2. The Morgan fingerprint density at radius 1 is 0.750 bits per heavy atom. The van der Waals surface area contributed by atoms with Gasteiger partial charge in [-0.1, -0.05) is 57.9 Å². The van der Waals surface area contributed by atoms with E-state index in [1.165, 1.54) is 16.7 Å². The fraction of sp³-hybridized carbons (Fsp3) is 0.0556. The van der Waals surface area contributed by atoms with Gasteiger partial charge in [0, 0.05) is 16.2 Å². The van der Waals surface area contributed by atoms with Gasteiger partial charge in [-0.05, 0) is 42.3 Å². The Hall–Kier alpha value is -1.93. The molecule has 20 heavy (non-hydrogen) atoms. The normalized spacial score (nSPS) is 10.5. The van der Waals surface area contributed by atoms with Crippen molar-refractivity contribution in [2.75, 3.05) is 0 Å². The molecule has 1 heterocycles. The van der Waals surface area contributed by atoms with E-state index in [1.54, 1.807) is 0 Å². The lowest BCUT2D eigenvalue weighted by Crippen LogP contribution is -1.85. The fourth-order valence-electron chi connectivity index (χ4n) is 2.13. The molecule has 0 fully saturated rings. The predicted molar refractivity (Wildman–Crippen MR) is 87.5 cm³/mol. The van der Waals surface area contributed by atoms with E-state index in [0.717, 1.165) is 15.7 Å². The van der Waals surface area contributed by atoms with Crippen LogP contribution in [0.1, 0.15) is 5.56 Å². The first kappa shape index (κ1) is 13.1. The van der Waals surface area contributed by atoms with E-state index in [4.69, 9.17) is 0 Å². The molecule has 0 radical (unpaired) electrons. The molecule has 0 aliphatic heterocycles. The first-order valence-electron chi connectivity index (χ1n) is 6.51. The summed E-state index contributed by atoms with van der Waals surface area (Å²) in [5.74, 6) is 0. The molecule has 1 nitrogen and oxygen atoms in total. The van der Waals surface area contributed by atoms with Gasteiger partial charge in [-0.2, -0.15) is 0 Å². The summed E-state index contributed by atoms with van der Waals surface area (Å²) in [5.41, 5.74) is 5.80. The van der Waals surface area contributed by atoms with Gasteiger partial charge >= 0.3 is 0 Å². The third kappa shape index (κ3) is 2.81. The SMILES string of the molecule is Cc1ccc(-c2cc(-c3ccc(Br)cc3)ccn2)cc1. The zero-order valence-electron chi connectivity index (χ0n) is 11.2. The van der Waals surface area contributed by atoms with E-state index in [1.807, 2.05) is 12.3 Å². The third-order valence-corrected chi connectivity index (χ3v) is 3.81. The summed E-state index contributed by atoms with van der Waals surface area (Å²) < 4.78 is 1.09. The molecule has 3 aromatic rings. The van der Waals surface area contributed by atoms with Crippen LogP contribution in [0, 0.1) is 6.92 Å².